The fourth-order valence-electron chi connectivity index (χ4n) is 3.26. The number of amides is 2. The molecule has 0 aromatic heterocycles. The number of hydrogen-bond donors (Lipinski definition) is 0. The fourth-order valence-corrected chi connectivity index (χ4v) is 3.26. The van der Waals surface area contributed by atoms with Crippen LogP contribution in [-0.4, -0.2) is 46.5 Å². The van der Waals surface area contributed by atoms with Crippen LogP contribution in [0.4, 0.5) is 4.79 Å². The van der Waals surface area contributed by atoms with Crippen molar-refractivity contribution in [1.82, 2.24) is 9.80 Å². The molecular weight excluding hydrogens is 306 g/mol. The van der Waals surface area contributed by atoms with Crippen molar-refractivity contribution in [2.45, 2.75) is 45.4 Å². The summed E-state index contributed by atoms with van der Waals surface area (Å²) in [4.78, 5) is 28.3. The van der Waals surface area contributed by atoms with E-state index in [1.165, 1.54) is 0 Å². The number of carbonyl (C=O) groups is 2. The zero-order valence-corrected chi connectivity index (χ0v) is 14.2. The van der Waals surface area contributed by atoms with Crippen molar-refractivity contribution in [1.29, 1.82) is 5.26 Å². The molecule has 0 saturated carbocycles. The highest BCUT2D eigenvalue weighted by atomic mass is 16.6. The van der Waals surface area contributed by atoms with E-state index in [0.29, 0.717) is 30.8 Å². The van der Waals surface area contributed by atoms with Gasteiger partial charge in [0.05, 0.1) is 23.2 Å². The van der Waals surface area contributed by atoms with Crippen LogP contribution in [0.1, 0.15) is 48.7 Å². The van der Waals surface area contributed by atoms with Crippen LogP contribution < -0.4 is 0 Å². The van der Waals surface area contributed by atoms with Crippen LogP contribution >= 0.6 is 0 Å². The van der Waals surface area contributed by atoms with Crippen molar-refractivity contribution in [3.05, 3.63) is 34.9 Å². The molecule has 1 atom stereocenters. The predicted molar refractivity (Wildman–Crippen MR) is 87.2 cm³/mol. The minimum atomic E-state index is -0.531. The minimum Gasteiger partial charge on any atom is -0.444 e. The average molecular weight is 327 g/mol. The summed E-state index contributed by atoms with van der Waals surface area (Å²) in [5, 5.41) is 9.20. The first-order chi connectivity index (χ1) is 11.3. The predicted octanol–water partition coefficient (Wildman–Crippen LogP) is 2.52. The van der Waals surface area contributed by atoms with E-state index >= 15 is 0 Å². The summed E-state index contributed by atoms with van der Waals surface area (Å²) in [6, 6.07) is 7.41. The zero-order chi connectivity index (χ0) is 17.5. The lowest BCUT2D eigenvalue weighted by Gasteiger charge is -2.26. The molecule has 1 aromatic carbocycles. The third kappa shape index (κ3) is 2.94. The number of fused-ring (bicyclic) bond motifs is 1. The van der Waals surface area contributed by atoms with Crippen molar-refractivity contribution in [3.63, 3.8) is 0 Å². The Morgan fingerprint density at radius 3 is 2.79 bits per heavy atom. The van der Waals surface area contributed by atoms with Crippen molar-refractivity contribution in [2.75, 3.05) is 13.1 Å². The summed E-state index contributed by atoms with van der Waals surface area (Å²) in [7, 11) is 0. The van der Waals surface area contributed by atoms with Crippen molar-refractivity contribution in [3.8, 4) is 6.07 Å². The molecule has 2 heterocycles. The fraction of sp³-hybridized carbons (Fsp3) is 0.500. The largest absolute Gasteiger partial charge is 0.444 e. The van der Waals surface area contributed by atoms with Gasteiger partial charge >= 0.3 is 6.09 Å². The minimum absolute atomic E-state index is 0.0380. The van der Waals surface area contributed by atoms with Crippen molar-refractivity contribution in [2.24, 2.45) is 0 Å². The van der Waals surface area contributed by atoms with E-state index in [0.717, 1.165) is 12.0 Å². The number of benzene rings is 1. The van der Waals surface area contributed by atoms with Gasteiger partial charge in [-0.05, 0) is 38.8 Å². The van der Waals surface area contributed by atoms with Crippen LogP contribution in [-0.2, 0) is 11.3 Å². The lowest BCUT2D eigenvalue weighted by molar-refractivity contribution is 0.0276. The Kier molecular flexibility index (Phi) is 3.96. The van der Waals surface area contributed by atoms with Gasteiger partial charge in [-0.15, -0.1) is 0 Å². The van der Waals surface area contributed by atoms with Crippen LogP contribution in [0.5, 0.6) is 0 Å². The Hall–Kier alpha value is -2.55. The molecule has 6 heteroatoms. The van der Waals surface area contributed by atoms with Gasteiger partial charge in [-0.3, -0.25) is 4.79 Å². The van der Waals surface area contributed by atoms with Gasteiger partial charge in [-0.25, -0.2) is 4.79 Å². The van der Waals surface area contributed by atoms with E-state index in [-0.39, 0.29) is 18.0 Å². The topological polar surface area (TPSA) is 73.6 Å². The normalized spacial score (nSPS) is 20.1. The summed E-state index contributed by atoms with van der Waals surface area (Å²) in [5.74, 6) is -0.113. The van der Waals surface area contributed by atoms with Gasteiger partial charge in [0.15, 0.2) is 0 Å². The zero-order valence-electron chi connectivity index (χ0n) is 14.2. The molecule has 0 bridgehead atoms. The summed E-state index contributed by atoms with van der Waals surface area (Å²) in [6.45, 7) is 7.05. The van der Waals surface area contributed by atoms with Crippen molar-refractivity contribution < 1.29 is 14.3 Å². The summed E-state index contributed by atoms with van der Waals surface area (Å²) < 4.78 is 5.40. The quantitative estimate of drug-likeness (QED) is 0.794. The van der Waals surface area contributed by atoms with Gasteiger partial charge in [0, 0.05) is 19.6 Å². The molecule has 6 nitrogen and oxygen atoms in total. The molecule has 0 spiro atoms. The standard InChI is InChI=1S/C18H21N3O3/c1-18(2,3)24-17(23)20-8-7-14(11-20)21-10-13-6-4-5-12(9-19)15(13)16(21)22/h4-6,14H,7-8,10-11H2,1-3H3. The van der Waals surface area contributed by atoms with E-state index in [4.69, 9.17) is 4.74 Å². The smallest absolute Gasteiger partial charge is 0.410 e. The molecule has 1 saturated heterocycles. The molecule has 126 valence electrons. The lowest BCUT2D eigenvalue weighted by atomic mass is 10.0. The van der Waals surface area contributed by atoms with Crippen LogP contribution in [0.15, 0.2) is 18.2 Å². The molecule has 2 aliphatic rings. The third-order valence-electron chi connectivity index (χ3n) is 4.34. The molecule has 2 amide bonds. The highest BCUT2D eigenvalue weighted by Crippen LogP contribution is 2.30. The maximum Gasteiger partial charge on any atom is 0.410 e. The maximum atomic E-state index is 12.7. The Balaban J connectivity index is 1.71. The average Bonchev–Trinajstić information content (AvgIpc) is 3.10. The number of carbonyl (C=O) groups excluding carboxylic acids is 2. The first kappa shape index (κ1) is 16.3. The molecule has 0 aliphatic carbocycles. The highest BCUT2D eigenvalue weighted by Gasteiger charge is 2.39. The first-order valence-corrected chi connectivity index (χ1v) is 8.11. The van der Waals surface area contributed by atoms with Crippen molar-refractivity contribution >= 4 is 12.0 Å². The lowest BCUT2D eigenvalue weighted by Crippen LogP contribution is -2.40. The Morgan fingerprint density at radius 1 is 1.38 bits per heavy atom. The van der Waals surface area contributed by atoms with Gasteiger partial charge in [0.2, 0.25) is 0 Å². The van der Waals surface area contributed by atoms with Gasteiger partial charge in [0.25, 0.3) is 5.91 Å². The van der Waals surface area contributed by atoms with Gasteiger partial charge in [0.1, 0.15) is 5.60 Å². The SMILES string of the molecule is CC(C)(C)OC(=O)N1CCC(N2Cc3cccc(C#N)c3C2=O)C1. The maximum absolute atomic E-state index is 12.7. The molecule has 1 aromatic rings. The second-order valence-electron chi connectivity index (χ2n) is 7.25. The highest BCUT2D eigenvalue weighted by molar-refractivity contribution is 6.00. The molecule has 3 rings (SSSR count). The molecule has 1 unspecified atom stereocenters. The number of rotatable bonds is 1. The monoisotopic (exact) mass is 327 g/mol. The third-order valence-corrected chi connectivity index (χ3v) is 4.34. The van der Waals surface area contributed by atoms with E-state index in [9.17, 15) is 14.9 Å². The summed E-state index contributed by atoms with van der Waals surface area (Å²) in [6.07, 6.45) is 0.382. The Labute approximate surface area is 141 Å². The second-order valence-corrected chi connectivity index (χ2v) is 7.25. The number of hydrogen-bond acceptors (Lipinski definition) is 4. The van der Waals surface area contributed by atoms with Gasteiger partial charge in [-0.1, -0.05) is 12.1 Å². The Bertz CT molecular complexity index is 730. The first-order valence-electron chi connectivity index (χ1n) is 8.11. The van der Waals surface area contributed by atoms with Gasteiger partial charge < -0.3 is 14.5 Å². The van der Waals surface area contributed by atoms with Crippen LogP contribution in [0.25, 0.3) is 0 Å². The molecule has 0 radical (unpaired) electrons. The van der Waals surface area contributed by atoms with E-state index in [2.05, 4.69) is 6.07 Å². The van der Waals surface area contributed by atoms with Crippen LogP contribution in [0, 0.1) is 11.3 Å². The second kappa shape index (κ2) is 5.82. The number of ether oxygens (including phenoxy) is 1. The number of nitrogens with zero attached hydrogens (tertiary/aromatic N) is 3. The number of nitriles is 1. The Morgan fingerprint density at radius 2 is 2.12 bits per heavy atom. The van der Waals surface area contributed by atoms with Crippen LogP contribution in [0.2, 0.25) is 0 Å². The molecule has 24 heavy (non-hydrogen) atoms. The molecule has 0 N–H and O–H groups in total. The number of likely N-dealkylation sites (tertiary alicyclic amines) is 1. The summed E-state index contributed by atoms with van der Waals surface area (Å²) >= 11 is 0. The van der Waals surface area contributed by atoms with Gasteiger partial charge in [-0.2, -0.15) is 5.26 Å². The molecular formula is C18H21N3O3. The summed E-state index contributed by atoms with van der Waals surface area (Å²) in [5.41, 5.74) is 1.28. The molecule has 1 fully saturated rings. The van der Waals surface area contributed by atoms with E-state index in [1.54, 1.807) is 21.9 Å². The van der Waals surface area contributed by atoms with E-state index in [1.807, 2.05) is 26.8 Å². The van der Waals surface area contributed by atoms with Crippen LogP contribution in [0.3, 0.4) is 0 Å². The van der Waals surface area contributed by atoms with E-state index < -0.39 is 5.60 Å². The molecule has 2 aliphatic heterocycles.